The first kappa shape index (κ1) is 13.4. The number of aliphatic hydroxyl groups is 1. The molecule has 0 aliphatic heterocycles. The van der Waals surface area contributed by atoms with Gasteiger partial charge in [-0.3, -0.25) is 0 Å². The van der Waals surface area contributed by atoms with Gasteiger partial charge in [-0.25, -0.2) is 0 Å². The summed E-state index contributed by atoms with van der Waals surface area (Å²) in [6, 6.07) is 0.712. The summed E-state index contributed by atoms with van der Waals surface area (Å²) in [4.78, 5) is 0. The van der Waals surface area contributed by atoms with Crippen LogP contribution in [0.3, 0.4) is 0 Å². The maximum absolute atomic E-state index is 9.68. The standard InChI is InChI=1S/C15H29NO/c1-13-6-5-7-14(10-13)16-11-15(12-17)8-3-2-4-9-15/h13-14,16-17H,2-12H2,1H3. The summed E-state index contributed by atoms with van der Waals surface area (Å²) in [5, 5.41) is 13.4. The normalized spacial score (nSPS) is 33.5. The predicted molar refractivity (Wildman–Crippen MR) is 72.0 cm³/mol. The molecule has 2 heteroatoms. The molecule has 0 aromatic heterocycles. The first-order valence-corrected chi connectivity index (χ1v) is 7.58. The van der Waals surface area contributed by atoms with E-state index in [1.807, 2.05) is 0 Å². The van der Waals surface area contributed by atoms with Gasteiger partial charge >= 0.3 is 0 Å². The lowest BCUT2D eigenvalue weighted by molar-refractivity contribution is 0.0755. The van der Waals surface area contributed by atoms with E-state index in [9.17, 15) is 5.11 Å². The van der Waals surface area contributed by atoms with Crippen molar-refractivity contribution in [1.82, 2.24) is 5.32 Å². The average molecular weight is 239 g/mol. The van der Waals surface area contributed by atoms with Crippen molar-refractivity contribution in [2.45, 2.75) is 70.8 Å². The molecule has 100 valence electrons. The molecule has 0 heterocycles. The van der Waals surface area contributed by atoms with Crippen LogP contribution in [0.1, 0.15) is 64.7 Å². The van der Waals surface area contributed by atoms with Crippen LogP contribution < -0.4 is 5.32 Å². The molecule has 2 unspecified atom stereocenters. The van der Waals surface area contributed by atoms with E-state index in [1.54, 1.807) is 0 Å². The van der Waals surface area contributed by atoms with Crippen LogP contribution in [0.5, 0.6) is 0 Å². The summed E-state index contributed by atoms with van der Waals surface area (Å²) in [6.07, 6.45) is 11.9. The highest BCUT2D eigenvalue weighted by Gasteiger charge is 2.32. The van der Waals surface area contributed by atoms with Crippen molar-refractivity contribution in [3.05, 3.63) is 0 Å². The van der Waals surface area contributed by atoms with E-state index in [0.29, 0.717) is 12.6 Å². The van der Waals surface area contributed by atoms with Crippen LogP contribution >= 0.6 is 0 Å². The molecule has 0 aromatic rings. The monoisotopic (exact) mass is 239 g/mol. The summed E-state index contributed by atoms with van der Waals surface area (Å²) in [6.45, 7) is 3.79. The number of hydrogen-bond acceptors (Lipinski definition) is 2. The van der Waals surface area contributed by atoms with Crippen LogP contribution in [-0.2, 0) is 0 Å². The smallest absolute Gasteiger partial charge is 0.0499 e. The fourth-order valence-electron chi connectivity index (χ4n) is 3.67. The maximum Gasteiger partial charge on any atom is 0.0499 e. The Morgan fingerprint density at radius 1 is 1.12 bits per heavy atom. The maximum atomic E-state index is 9.68. The van der Waals surface area contributed by atoms with Gasteiger partial charge in [-0.2, -0.15) is 0 Å². The predicted octanol–water partition coefficient (Wildman–Crippen LogP) is 3.10. The Hall–Kier alpha value is -0.0800. The van der Waals surface area contributed by atoms with Gasteiger partial charge in [0.2, 0.25) is 0 Å². The van der Waals surface area contributed by atoms with Gasteiger partial charge in [-0.1, -0.05) is 39.0 Å². The average Bonchev–Trinajstić information content (AvgIpc) is 2.38. The molecule has 2 aliphatic rings. The zero-order valence-electron chi connectivity index (χ0n) is 11.4. The van der Waals surface area contributed by atoms with Crippen molar-refractivity contribution < 1.29 is 5.11 Å². The molecule has 2 fully saturated rings. The molecule has 2 aliphatic carbocycles. The van der Waals surface area contributed by atoms with E-state index in [1.165, 1.54) is 57.8 Å². The molecule has 2 N–H and O–H groups in total. The summed E-state index contributed by atoms with van der Waals surface area (Å²) in [5.41, 5.74) is 0.207. The lowest BCUT2D eigenvalue weighted by Crippen LogP contribution is -2.44. The zero-order valence-corrected chi connectivity index (χ0v) is 11.4. The Kier molecular flexibility index (Phi) is 4.87. The van der Waals surface area contributed by atoms with Crippen molar-refractivity contribution in [1.29, 1.82) is 0 Å². The van der Waals surface area contributed by atoms with E-state index in [0.717, 1.165) is 12.5 Å². The Morgan fingerprint density at radius 2 is 1.88 bits per heavy atom. The highest BCUT2D eigenvalue weighted by atomic mass is 16.3. The molecule has 2 rings (SSSR count). The first-order chi connectivity index (χ1) is 8.24. The van der Waals surface area contributed by atoms with Gasteiger partial charge in [0.05, 0.1) is 0 Å². The van der Waals surface area contributed by atoms with Crippen molar-refractivity contribution in [2.75, 3.05) is 13.2 Å². The largest absolute Gasteiger partial charge is 0.396 e. The van der Waals surface area contributed by atoms with Crippen LogP contribution in [0.2, 0.25) is 0 Å². The Labute approximate surface area is 106 Å². The Morgan fingerprint density at radius 3 is 2.53 bits per heavy atom. The second-order valence-electron chi connectivity index (χ2n) is 6.57. The number of aliphatic hydroxyl groups excluding tert-OH is 1. The number of rotatable bonds is 4. The topological polar surface area (TPSA) is 32.3 Å². The fourth-order valence-corrected chi connectivity index (χ4v) is 3.67. The number of hydrogen-bond donors (Lipinski definition) is 2. The molecule has 0 radical (unpaired) electrons. The Bertz CT molecular complexity index is 223. The molecule has 0 saturated heterocycles. The minimum Gasteiger partial charge on any atom is -0.396 e. The second kappa shape index (κ2) is 6.19. The van der Waals surface area contributed by atoms with Crippen LogP contribution in [0.25, 0.3) is 0 Å². The van der Waals surface area contributed by atoms with Crippen molar-refractivity contribution >= 4 is 0 Å². The minimum absolute atomic E-state index is 0.207. The lowest BCUT2D eigenvalue weighted by atomic mass is 9.74. The second-order valence-corrected chi connectivity index (χ2v) is 6.57. The molecule has 0 spiro atoms. The highest BCUT2D eigenvalue weighted by Crippen LogP contribution is 2.35. The van der Waals surface area contributed by atoms with Crippen molar-refractivity contribution in [3.63, 3.8) is 0 Å². The summed E-state index contributed by atoms with van der Waals surface area (Å²) < 4.78 is 0. The van der Waals surface area contributed by atoms with Gasteiger partial charge in [-0.05, 0) is 31.6 Å². The molecule has 0 bridgehead atoms. The van der Waals surface area contributed by atoms with Crippen LogP contribution in [0.15, 0.2) is 0 Å². The van der Waals surface area contributed by atoms with Crippen LogP contribution in [0.4, 0.5) is 0 Å². The summed E-state index contributed by atoms with van der Waals surface area (Å²) in [7, 11) is 0. The minimum atomic E-state index is 0.207. The van der Waals surface area contributed by atoms with Crippen molar-refractivity contribution in [3.8, 4) is 0 Å². The summed E-state index contributed by atoms with van der Waals surface area (Å²) >= 11 is 0. The van der Waals surface area contributed by atoms with E-state index in [-0.39, 0.29) is 5.41 Å². The van der Waals surface area contributed by atoms with E-state index in [2.05, 4.69) is 12.2 Å². The van der Waals surface area contributed by atoms with Crippen molar-refractivity contribution in [2.24, 2.45) is 11.3 Å². The fraction of sp³-hybridized carbons (Fsp3) is 1.00. The number of nitrogens with one attached hydrogen (secondary N) is 1. The quantitative estimate of drug-likeness (QED) is 0.790. The van der Waals surface area contributed by atoms with E-state index in [4.69, 9.17) is 0 Å². The van der Waals surface area contributed by atoms with Gasteiger partial charge in [0.1, 0.15) is 0 Å². The van der Waals surface area contributed by atoms with Gasteiger partial charge in [0.25, 0.3) is 0 Å². The van der Waals surface area contributed by atoms with Crippen LogP contribution in [0, 0.1) is 11.3 Å². The van der Waals surface area contributed by atoms with E-state index >= 15 is 0 Å². The molecule has 17 heavy (non-hydrogen) atoms. The van der Waals surface area contributed by atoms with Gasteiger partial charge in [0.15, 0.2) is 0 Å². The lowest BCUT2D eigenvalue weighted by Gasteiger charge is -2.38. The van der Waals surface area contributed by atoms with Gasteiger partial charge < -0.3 is 10.4 Å². The summed E-state index contributed by atoms with van der Waals surface area (Å²) in [5.74, 6) is 0.887. The molecular formula is C15H29NO. The zero-order chi connectivity index (χ0) is 12.1. The molecule has 0 amide bonds. The first-order valence-electron chi connectivity index (χ1n) is 7.58. The highest BCUT2D eigenvalue weighted by molar-refractivity contribution is 4.86. The third kappa shape index (κ3) is 3.69. The molecule has 0 aromatic carbocycles. The third-order valence-electron chi connectivity index (χ3n) is 4.95. The molecule has 2 saturated carbocycles. The SMILES string of the molecule is CC1CCCC(NCC2(CO)CCCCC2)C1. The third-order valence-corrected chi connectivity index (χ3v) is 4.95. The molecule has 2 atom stereocenters. The molecule has 2 nitrogen and oxygen atoms in total. The van der Waals surface area contributed by atoms with Crippen LogP contribution in [-0.4, -0.2) is 24.3 Å². The Balaban J connectivity index is 1.78. The molecular weight excluding hydrogens is 210 g/mol. The van der Waals surface area contributed by atoms with Gasteiger partial charge in [-0.15, -0.1) is 0 Å². The van der Waals surface area contributed by atoms with E-state index < -0.39 is 0 Å². The van der Waals surface area contributed by atoms with Gasteiger partial charge in [0, 0.05) is 24.6 Å².